The van der Waals surface area contributed by atoms with Gasteiger partial charge in [0.15, 0.2) is 0 Å². The summed E-state index contributed by atoms with van der Waals surface area (Å²) in [6.45, 7) is 4.82. The van der Waals surface area contributed by atoms with Crippen LogP contribution in [-0.2, 0) is 6.61 Å². The predicted octanol–water partition coefficient (Wildman–Crippen LogP) is 3.78. The van der Waals surface area contributed by atoms with E-state index in [0.29, 0.717) is 18.4 Å². The quantitative estimate of drug-likeness (QED) is 0.793. The molecule has 17 heavy (non-hydrogen) atoms. The molecule has 2 rings (SSSR count). The number of nitrogens with zero attached hydrogens (tertiary/aromatic N) is 1. The Bertz CT molecular complexity index is 465. The van der Waals surface area contributed by atoms with E-state index < -0.39 is 0 Å². The lowest BCUT2D eigenvalue weighted by Crippen LogP contribution is -1.99. The highest BCUT2D eigenvalue weighted by atomic mass is 16.5. The lowest BCUT2D eigenvalue weighted by Gasteiger charge is -2.08. The van der Waals surface area contributed by atoms with Crippen molar-refractivity contribution in [2.24, 2.45) is 0 Å². The molecule has 88 valence electrons. The molecule has 0 spiro atoms. The van der Waals surface area contributed by atoms with Gasteiger partial charge in [-0.05, 0) is 17.5 Å². The first-order valence-electron chi connectivity index (χ1n) is 5.89. The fourth-order valence-electron chi connectivity index (χ4n) is 1.56. The monoisotopic (exact) mass is 227 g/mol. The zero-order valence-electron chi connectivity index (χ0n) is 10.3. The molecule has 1 aromatic heterocycles. The second-order valence-corrected chi connectivity index (χ2v) is 4.33. The van der Waals surface area contributed by atoms with Crippen LogP contribution in [0.3, 0.4) is 0 Å². The smallest absolute Gasteiger partial charge is 0.213 e. The van der Waals surface area contributed by atoms with E-state index in [9.17, 15) is 0 Å². The van der Waals surface area contributed by atoms with Crippen LogP contribution in [0.4, 0.5) is 0 Å². The van der Waals surface area contributed by atoms with Gasteiger partial charge >= 0.3 is 0 Å². The van der Waals surface area contributed by atoms with Crippen LogP contribution in [0.5, 0.6) is 5.88 Å². The third-order valence-corrected chi connectivity index (χ3v) is 2.57. The fourth-order valence-corrected chi connectivity index (χ4v) is 1.56. The first-order valence-corrected chi connectivity index (χ1v) is 5.89. The standard InChI is InChI=1S/C15H17NO/c1-12(2)14-9-6-10-15(16-14)17-11-13-7-4-3-5-8-13/h3-10,12H,11H2,1-2H3. The van der Waals surface area contributed by atoms with Crippen molar-refractivity contribution in [3.8, 4) is 5.88 Å². The van der Waals surface area contributed by atoms with E-state index in [1.54, 1.807) is 0 Å². The molecule has 0 atom stereocenters. The normalized spacial score (nSPS) is 10.5. The van der Waals surface area contributed by atoms with E-state index in [1.165, 1.54) is 0 Å². The Kier molecular flexibility index (Phi) is 3.76. The summed E-state index contributed by atoms with van der Waals surface area (Å²) in [6.07, 6.45) is 0. The Balaban J connectivity index is 2.02. The minimum Gasteiger partial charge on any atom is -0.473 e. The van der Waals surface area contributed by atoms with Crippen LogP contribution in [0, 0.1) is 0 Å². The lowest BCUT2D eigenvalue weighted by atomic mass is 10.1. The van der Waals surface area contributed by atoms with E-state index in [4.69, 9.17) is 4.74 Å². The Morgan fingerprint density at radius 3 is 2.47 bits per heavy atom. The molecule has 0 aliphatic heterocycles. The minimum absolute atomic E-state index is 0.426. The molecule has 0 unspecified atom stereocenters. The molecule has 0 amide bonds. The SMILES string of the molecule is CC(C)c1cccc(OCc2ccccc2)n1. The van der Waals surface area contributed by atoms with E-state index in [-0.39, 0.29) is 0 Å². The Hall–Kier alpha value is -1.83. The number of ether oxygens (including phenoxy) is 1. The second kappa shape index (κ2) is 5.48. The first-order chi connectivity index (χ1) is 8.25. The van der Waals surface area contributed by atoms with Gasteiger partial charge in [-0.1, -0.05) is 50.2 Å². The van der Waals surface area contributed by atoms with Gasteiger partial charge in [0.25, 0.3) is 0 Å². The molecule has 0 bridgehead atoms. The molecule has 1 heterocycles. The number of pyridine rings is 1. The summed E-state index contributed by atoms with van der Waals surface area (Å²) >= 11 is 0. The summed E-state index contributed by atoms with van der Waals surface area (Å²) in [6, 6.07) is 16.0. The van der Waals surface area contributed by atoms with Crippen LogP contribution in [0.25, 0.3) is 0 Å². The third-order valence-electron chi connectivity index (χ3n) is 2.57. The average Bonchev–Trinajstić information content (AvgIpc) is 2.38. The largest absolute Gasteiger partial charge is 0.473 e. The fraction of sp³-hybridized carbons (Fsp3) is 0.267. The molecule has 0 saturated heterocycles. The first kappa shape index (κ1) is 11.6. The van der Waals surface area contributed by atoms with Crippen molar-refractivity contribution in [3.63, 3.8) is 0 Å². The van der Waals surface area contributed by atoms with Gasteiger partial charge in [-0.15, -0.1) is 0 Å². The summed E-state index contributed by atoms with van der Waals surface area (Å²) in [5.41, 5.74) is 2.22. The van der Waals surface area contributed by atoms with Crippen molar-refractivity contribution in [1.82, 2.24) is 4.98 Å². The molecule has 0 radical (unpaired) electrons. The van der Waals surface area contributed by atoms with Crippen LogP contribution in [0.15, 0.2) is 48.5 Å². The van der Waals surface area contributed by atoms with Gasteiger partial charge in [0.05, 0.1) is 0 Å². The number of aromatic nitrogens is 1. The van der Waals surface area contributed by atoms with E-state index >= 15 is 0 Å². The Morgan fingerprint density at radius 2 is 1.76 bits per heavy atom. The topological polar surface area (TPSA) is 22.1 Å². The number of hydrogen-bond acceptors (Lipinski definition) is 2. The second-order valence-electron chi connectivity index (χ2n) is 4.33. The average molecular weight is 227 g/mol. The van der Waals surface area contributed by atoms with E-state index in [2.05, 4.69) is 18.8 Å². The predicted molar refractivity (Wildman–Crippen MR) is 69.1 cm³/mol. The van der Waals surface area contributed by atoms with Crippen molar-refractivity contribution < 1.29 is 4.74 Å². The summed E-state index contributed by atoms with van der Waals surface area (Å²) in [4.78, 5) is 4.47. The molecule has 2 nitrogen and oxygen atoms in total. The summed E-state index contributed by atoms with van der Waals surface area (Å²) in [5.74, 6) is 1.12. The van der Waals surface area contributed by atoms with Crippen LogP contribution >= 0.6 is 0 Å². The maximum absolute atomic E-state index is 5.67. The zero-order chi connectivity index (χ0) is 12.1. The summed E-state index contributed by atoms with van der Waals surface area (Å²) in [7, 11) is 0. The van der Waals surface area contributed by atoms with Crippen molar-refractivity contribution in [3.05, 3.63) is 59.8 Å². The molecule has 0 aliphatic rings. The molecule has 1 aromatic carbocycles. The van der Waals surface area contributed by atoms with E-state index in [1.807, 2.05) is 48.5 Å². The maximum atomic E-state index is 5.67. The molecule has 2 aromatic rings. The highest BCUT2D eigenvalue weighted by Crippen LogP contribution is 2.16. The molecule has 2 heteroatoms. The van der Waals surface area contributed by atoms with Crippen LogP contribution in [-0.4, -0.2) is 4.98 Å². The number of benzene rings is 1. The van der Waals surface area contributed by atoms with Crippen LogP contribution in [0.2, 0.25) is 0 Å². The van der Waals surface area contributed by atoms with Crippen molar-refractivity contribution >= 4 is 0 Å². The highest BCUT2D eigenvalue weighted by molar-refractivity contribution is 5.19. The molecular formula is C15H17NO. The van der Waals surface area contributed by atoms with Gasteiger partial charge in [0, 0.05) is 11.8 Å². The maximum Gasteiger partial charge on any atom is 0.213 e. The summed E-state index contributed by atoms with van der Waals surface area (Å²) < 4.78 is 5.67. The van der Waals surface area contributed by atoms with Gasteiger partial charge in [0.1, 0.15) is 6.61 Å². The number of hydrogen-bond donors (Lipinski definition) is 0. The van der Waals surface area contributed by atoms with Crippen molar-refractivity contribution in [2.75, 3.05) is 0 Å². The van der Waals surface area contributed by atoms with E-state index in [0.717, 1.165) is 11.3 Å². The Labute approximate surface area is 102 Å². The van der Waals surface area contributed by atoms with Crippen molar-refractivity contribution in [2.45, 2.75) is 26.4 Å². The molecule has 0 N–H and O–H groups in total. The highest BCUT2D eigenvalue weighted by Gasteiger charge is 2.02. The van der Waals surface area contributed by atoms with Gasteiger partial charge in [-0.3, -0.25) is 0 Å². The van der Waals surface area contributed by atoms with Crippen LogP contribution < -0.4 is 4.74 Å². The molecule has 0 fully saturated rings. The third kappa shape index (κ3) is 3.31. The molecule has 0 saturated carbocycles. The summed E-state index contributed by atoms with van der Waals surface area (Å²) in [5, 5.41) is 0. The lowest BCUT2D eigenvalue weighted by molar-refractivity contribution is 0.292. The van der Waals surface area contributed by atoms with Gasteiger partial charge in [0.2, 0.25) is 5.88 Å². The van der Waals surface area contributed by atoms with Crippen molar-refractivity contribution in [1.29, 1.82) is 0 Å². The number of rotatable bonds is 4. The van der Waals surface area contributed by atoms with Gasteiger partial charge in [-0.25, -0.2) is 4.98 Å². The van der Waals surface area contributed by atoms with Gasteiger partial charge in [-0.2, -0.15) is 0 Å². The molecule has 0 aliphatic carbocycles. The molecular weight excluding hydrogens is 210 g/mol. The van der Waals surface area contributed by atoms with Gasteiger partial charge < -0.3 is 4.74 Å². The minimum atomic E-state index is 0.426. The van der Waals surface area contributed by atoms with Crippen LogP contribution in [0.1, 0.15) is 31.0 Å². The Morgan fingerprint density at radius 1 is 1.00 bits per heavy atom. The zero-order valence-corrected chi connectivity index (χ0v) is 10.3.